The van der Waals surface area contributed by atoms with Crippen molar-refractivity contribution in [2.24, 2.45) is 0 Å². The van der Waals surface area contributed by atoms with Gasteiger partial charge in [0.15, 0.2) is 0 Å². The van der Waals surface area contributed by atoms with Gasteiger partial charge in [-0.15, -0.1) is 0 Å². The van der Waals surface area contributed by atoms with Crippen molar-refractivity contribution in [1.29, 1.82) is 0 Å². The van der Waals surface area contributed by atoms with E-state index in [0.717, 1.165) is 45.0 Å². The Hall–Kier alpha value is -4.58. The Kier molecular flexibility index (Phi) is 6.94. The molecule has 6 heteroatoms. The molecule has 0 aliphatic carbocycles. The first-order valence-electron chi connectivity index (χ1n) is 12.0. The van der Waals surface area contributed by atoms with Gasteiger partial charge < -0.3 is 9.47 Å². The molecule has 0 aliphatic heterocycles. The average molecular weight is 475 g/mol. The maximum Gasteiger partial charge on any atom is 0.317 e. The van der Waals surface area contributed by atoms with Crippen molar-refractivity contribution in [3.8, 4) is 57.1 Å². The summed E-state index contributed by atoms with van der Waals surface area (Å²) in [4.78, 5) is 18.6. The third-order valence-electron chi connectivity index (χ3n) is 5.55. The maximum atomic E-state index is 5.69. The highest BCUT2D eigenvalue weighted by Crippen LogP contribution is 2.31. The normalized spacial score (nSPS) is 10.7. The minimum absolute atomic E-state index is 0.353. The quantitative estimate of drug-likeness (QED) is 0.248. The summed E-state index contributed by atoms with van der Waals surface area (Å²) < 4.78 is 11.4. The molecule has 0 unspecified atom stereocenters. The molecule has 0 radical (unpaired) electrons. The number of hydrogen-bond donors (Lipinski definition) is 0. The van der Waals surface area contributed by atoms with E-state index in [9.17, 15) is 0 Å². The summed E-state index contributed by atoms with van der Waals surface area (Å²) in [5.74, 6) is 0. The van der Waals surface area contributed by atoms with Crippen LogP contribution in [-0.4, -0.2) is 33.1 Å². The molecule has 178 valence electrons. The third-order valence-corrected chi connectivity index (χ3v) is 5.55. The predicted octanol–water partition coefficient (Wildman–Crippen LogP) is 6.73. The smallest absolute Gasteiger partial charge is 0.317 e. The van der Waals surface area contributed by atoms with Gasteiger partial charge in [0.1, 0.15) is 0 Å². The van der Waals surface area contributed by atoms with Crippen LogP contribution in [0.5, 0.6) is 12.0 Å². The summed E-state index contributed by atoms with van der Waals surface area (Å²) in [6.45, 7) is 4.82. The first kappa shape index (κ1) is 23.2. The van der Waals surface area contributed by atoms with Crippen LogP contribution in [0, 0.1) is 0 Å². The van der Waals surface area contributed by atoms with Gasteiger partial charge in [0.25, 0.3) is 0 Å². The van der Waals surface area contributed by atoms with Crippen LogP contribution >= 0.6 is 0 Å². The Bertz CT molecular complexity index is 1350. The lowest BCUT2D eigenvalue weighted by atomic mass is 10.0. The topological polar surface area (TPSA) is 70.0 Å². The van der Waals surface area contributed by atoms with Crippen LogP contribution in [0.4, 0.5) is 0 Å². The van der Waals surface area contributed by atoms with Crippen molar-refractivity contribution in [2.45, 2.75) is 13.8 Å². The standard InChI is InChI=1S/C30H26N4O2/c1-3-35-29-31-25(21-12-7-5-8-13-21)19-27(33-29)23-16-11-17-24(18-23)28-20-26(22-14-9-6-10-15-22)32-30(34-28)36-4-2/h5-20H,3-4H2,1-2H3. The number of nitrogens with zero attached hydrogens (tertiary/aromatic N) is 4. The Morgan fingerprint density at radius 1 is 0.444 bits per heavy atom. The third kappa shape index (κ3) is 5.23. The van der Waals surface area contributed by atoms with Crippen molar-refractivity contribution in [3.05, 3.63) is 97.1 Å². The fourth-order valence-corrected chi connectivity index (χ4v) is 3.88. The second kappa shape index (κ2) is 10.8. The fourth-order valence-electron chi connectivity index (χ4n) is 3.88. The Morgan fingerprint density at radius 2 is 0.806 bits per heavy atom. The lowest BCUT2D eigenvalue weighted by Gasteiger charge is -2.11. The first-order valence-corrected chi connectivity index (χ1v) is 12.0. The second-order valence-corrected chi connectivity index (χ2v) is 8.02. The van der Waals surface area contributed by atoms with E-state index in [2.05, 4.69) is 26.0 Å². The minimum Gasteiger partial charge on any atom is -0.464 e. The van der Waals surface area contributed by atoms with Gasteiger partial charge in [-0.2, -0.15) is 19.9 Å². The maximum absolute atomic E-state index is 5.69. The molecule has 2 aromatic heterocycles. The molecule has 0 saturated carbocycles. The van der Waals surface area contributed by atoms with Gasteiger partial charge in [-0.3, -0.25) is 0 Å². The second-order valence-electron chi connectivity index (χ2n) is 8.02. The van der Waals surface area contributed by atoms with E-state index in [-0.39, 0.29) is 0 Å². The van der Waals surface area contributed by atoms with Crippen LogP contribution in [0.3, 0.4) is 0 Å². The highest BCUT2D eigenvalue weighted by atomic mass is 16.5. The zero-order valence-electron chi connectivity index (χ0n) is 20.3. The van der Waals surface area contributed by atoms with Crippen molar-refractivity contribution in [1.82, 2.24) is 19.9 Å². The monoisotopic (exact) mass is 474 g/mol. The molecular formula is C30H26N4O2. The highest BCUT2D eigenvalue weighted by molar-refractivity contribution is 5.74. The molecule has 0 bridgehead atoms. The molecule has 3 aromatic carbocycles. The van der Waals surface area contributed by atoms with E-state index in [1.807, 2.05) is 105 Å². The zero-order valence-corrected chi connectivity index (χ0v) is 20.3. The molecule has 0 aliphatic rings. The number of aromatic nitrogens is 4. The van der Waals surface area contributed by atoms with Gasteiger partial charge >= 0.3 is 12.0 Å². The molecule has 0 atom stereocenters. The fraction of sp³-hybridized carbons (Fsp3) is 0.133. The molecule has 6 nitrogen and oxygen atoms in total. The molecule has 0 amide bonds. The molecule has 0 fully saturated rings. The summed E-state index contributed by atoms with van der Waals surface area (Å²) >= 11 is 0. The summed E-state index contributed by atoms with van der Waals surface area (Å²) in [5, 5.41) is 0. The van der Waals surface area contributed by atoms with Crippen LogP contribution in [0.2, 0.25) is 0 Å². The highest BCUT2D eigenvalue weighted by Gasteiger charge is 2.13. The largest absolute Gasteiger partial charge is 0.464 e. The zero-order chi connectivity index (χ0) is 24.7. The van der Waals surface area contributed by atoms with Crippen LogP contribution in [0.1, 0.15) is 13.8 Å². The van der Waals surface area contributed by atoms with Gasteiger partial charge in [0.05, 0.1) is 36.0 Å². The van der Waals surface area contributed by atoms with Crippen LogP contribution in [0.15, 0.2) is 97.1 Å². The molecular weight excluding hydrogens is 448 g/mol. The van der Waals surface area contributed by atoms with E-state index < -0.39 is 0 Å². The van der Waals surface area contributed by atoms with E-state index in [1.165, 1.54) is 0 Å². The average Bonchev–Trinajstić information content (AvgIpc) is 2.94. The van der Waals surface area contributed by atoms with E-state index in [1.54, 1.807) is 0 Å². The Labute approximate surface area is 210 Å². The Morgan fingerprint density at radius 3 is 1.19 bits per heavy atom. The van der Waals surface area contributed by atoms with Crippen molar-refractivity contribution >= 4 is 0 Å². The molecule has 0 N–H and O–H groups in total. The predicted molar refractivity (Wildman–Crippen MR) is 142 cm³/mol. The Balaban J connectivity index is 1.59. The van der Waals surface area contributed by atoms with Gasteiger partial charge in [-0.1, -0.05) is 78.9 Å². The molecule has 0 saturated heterocycles. The minimum atomic E-state index is 0.353. The number of ether oxygens (including phenoxy) is 2. The van der Waals surface area contributed by atoms with Crippen LogP contribution in [-0.2, 0) is 0 Å². The van der Waals surface area contributed by atoms with Crippen molar-refractivity contribution in [2.75, 3.05) is 13.2 Å². The molecule has 2 heterocycles. The van der Waals surface area contributed by atoms with Crippen LogP contribution in [0.25, 0.3) is 45.0 Å². The summed E-state index contributed by atoms with van der Waals surface area (Å²) in [6, 6.07) is 32.9. The first-order chi connectivity index (χ1) is 17.7. The number of rotatable bonds is 8. The van der Waals surface area contributed by atoms with E-state index in [4.69, 9.17) is 9.47 Å². The lowest BCUT2D eigenvalue weighted by Crippen LogP contribution is -2.01. The summed E-state index contributed by atoms with van der Waals surface area (Å²) in [7, 11) is 0. The molecule has 36 heavy (non-hydrogen) atoms. The molecule has 0 spiro atoms. The van der Waals surface area contributed by atoms with Crippen molar-refractivity contribution < 1.29 is 9.47 Å². The van der Waals surface area contributed by atoms with Gasteiger partial charge in [0, 0.05) is 22.3 Å². The summed E-state index contributed by atoms with van der Waals surface area (Å²) in [6.07, 6.45) is 0. The molecule has 5 rings (SSSR count). The summed E-state index contributed by atoms with van der Waals surface area (Å²) in [5.41, 5.74) is 7.04. The van der Waals surface area contributed by atoms with E-state index >= 15 is 0 Å². The van der Waals surface area contributed by atoms with Gasteiger partial charge in [-0.05, 0) is 32.0 Å². The lowest BCUT2D eigenvalue weighted by molar-refractivity contribution is 0.313. The van der Waals surface area contributed by atoms with Gasteiger partial charge in [0.2, 0.25) is 0 Å². The van der Waals surface area contributed by atoms with Crippen LogP contribution < -0.4 is 9.47 Å². The number of hydrogen-bond acceptors (Lipinski definition) is 6. The van der Waals surface area contributed by atoms with Crippen molar-refractivity contribution in [3.63, 3.8) is 0 Å². The molecule has 5 aromatic rings. The SMILES string of the molecule is CCOc1nc(-c2ccccc2)cc(-c2cccc(-c3cc(-c4ccccc4)nc(OCC)n3)c2)n1. The van der Waals surface area contributed by atoms with Gasteiger partial charge in [-0.25, -0.2) is 0 Å². The van der Waals surface area contributed by atoms with E-state index in [0.29, 0.717) is 25.2 Å². The number of benzene rings is 3.